The van der Waals surface area contributed by atoms with Crippen LogP contribution in [0, 0.1) is 20.8 Å². The summed E-state index contributed by atoms with van der Waals surface area (Å²) in [5, 5.41) is 7.02. The van der Waals surface area contributed by atoms with E-state index in [0.29, 0.717) is 12.8 Å². The highest BCUT2D eigenvalue weighted by molar-refractivity contribution is 5.77. The third kappa shape index (κ3) is 3.65. The molecule has 7 nitrogen and oxygen atoms in total. The molecule has 7 heteroatoms. The second kappa shape index (κ2) is 7.21. The number of aryl methyl sites for hydroxylation is 3. The minimum atomic E-state index is 0.0333. The van der Waals surface area contributed by atoms with E-state index >= 15 is 0 Å². The van der Waals surface area contributed by atoms with Crippen molar-refractivity contribution in [2.45, 2.75) is 52.5 Å². The minimum Gasteiger partial charge on any atom is -0.373 e. The van der Waals surface area contributed by atoms with Gasteiger partial charge in [0.25, 0.3) is 0 Å². The number of aromatic nitrogens is 3. The van der Waals surface area contributed by atoms with Crippen LogP contribution in [-0.2, 0) is 11.2 Å². The van der Waals surface area contributed by atoms with Crippen molar-refractivity contribution in [3.63, 3.8) is 0 Å². The highest BCUT2D eigenvalue weighted by Gasteiger charge is 2.31. The number of hydrogen-bond acceptors (Lipinski definition) is 6. The Bertz CT molecular complexity index is 751. The Balaban J connectivity index is 1.73. The predicted octanol–water partition coefficient (Wildman–Crippen LogP) is 2.73. The van der Waals surface area contributed by atoms with Crippen molar-refractivity contribution < 1.29 is 9.32 Å². The zero-order valence-electron chi connectivity index (χ0n) is 15.3. The zero-order chi connectivity index (χ0) is 18.0. The minimum absolute atomic E-state index is 0.0333. The van der Waals surface area contributed by atoms with E-state index in [4.69, 9.17) is 4.52 Å². The van der Waals surface area contributed by atoms with Crippen LogP contribution in [0.15, 0.2) is 10.6 Å². The van der Waals surface area contributed by atoms with Crippen molar-refractivity contribution in [3.8, 4) is 0 Å². The molecule has 1 N–H and O–H groups in total. The maximum Gasteiger partial charge on any atom is 0.223 e. The number of hydrogen-bond donors (Lipinski definition) is 1. The molecule has 134 valence electrons. The van der Waals surface area contributed by atoms with Gasteiger partial charge in [0.2, 0.25) is 5.91 Å². The van der Waals surface area contributed by atoms with Crippen molar-refractivity contribution in [2.24, 2.45) is 0 Å². The Morgan fingerprint density at radius 1 is 1.36 bits per heavy atom. The largest absolute Gasteiger partial charge is 0.373 e. The van der Waals surface area contributed by atoms with Gasteiger partial charge in [-0.1, -0.05) is 5.16 Å². The fourth-order valence-electron chi connectivity index (χ4n) is 3.50. The van der Waals surface area contributed by atoms with Gasteiger partial charge < -0.3 is 14.7 Å². The summed E-state index contributed by atoms with van der Waals surface area (Å²) in [5.41, 5.74) is 2.83. The van der Waals surface area contributed by atoms with Gasteiger partial charge in [0.05, 0.1) is 17.4 Å². The maximum absolute atomic E-state index is 12.8. The van der Waals surface area contributed by atoms with Crippen molar-refractivity contribution in [1.29, 1.82) is 0 Å². The second-order valence-electron chi connectivity index (χ2n) is 6.52. The van der Waals surface area contributed by atoms with E-state index in [1.807, 2.05) is 38.8 Å². The lowest BCUT2D eigenvalue weighted by Gasteiger charge is -2.25. The molecule has 0 radical (unpaired) electrons. The maximum atomic E-state index is 12.8. The molecule has 1 unspecified atom stereocenters. The highest BCUT2D eigenvalue weighted by Crippen LogP contribution is 2.32. The molecule has 1 fully saturated rings. The van der Waals surface area contributed by atoms with Crippen molar-refractivity contribution in [3.05, 3.63) is 34.6 Å². The molecule has 1 amide bonds. The van der Waals surface area contributed by atoms with Gasteiger partial charge >= 0.3 is 0 Å². The monoisotopic (exact) mass is 343 g/mol. The molecule has 3 rings (SSSR count). The lowest BCUT2D eigenvalue weighted by atomic mass is 10.1. The van der Waals surface area contributed by atoms with Crippen LogP contribution in [0.25, 0.3) is 0 Å². The molecule has 1 aliphatic rings. The lowest BCUT2D eigenvalue weighted by Crippen LogP contribution is -2.31. The standard InChI is InChI=1S/C18H25N5O2/c1-11-14(12(2)25-22-11)7-8-18(24)23-9-5-6-16(23)15-10-17(19-4)21-13(3)20-15/h10,16H,5-9H2,1-4H3,(H,19,20,21). The first-order valence-electron chi connectivity index (χ1n) is 8.74. The summed E-state index contributed by atoms with van der Waals surface area (Å²) < 4.78 is 5.18. The number of nitrogens with zero attached hydrogens (tertiary/aromatic N) is 4. The SMILES string of the molecule is CNc1cc(C2CCCN2C(=O)CCc2c(C)noc2C)nc(C)n1. The molecule has 25 heavy (non-hydrogen) atoms. The van der Waals surface area contributed by atoms with Gasteiger partial charge in [-0.15, -0.1) is 0 Å². The molecule has 3 heterocycles. The average Bonchev–Trinajstić information content (AvgIpc) is 3.20. The molecule has 0 spiro atoms. The summed E-state index contributed by atoms with van der Waals surface area (Å²) in [6.45, 7) is 6.46. The number of likely N-dealkylation sites (tertiary alicyclic amines) is 1. The number of anilines is 1. The lowest BCUT2D eigenvalue weighted by molar-refractivity contribution is -0.132. The molecule has 2 aromatic rings. The molecule has 0 bridgehead atoms. The van der Waals surface area contributed by atoms with Crippen LogP contribution in [0.1, 0.15) is 53.8 Å². The molecule has 0 aliphatic carbocycles. The van der Waals surface area contributed by atoms with E-state index in [1.165, 1.54) is 0 Å². The Morgan fingerprint density at radius 3 is 2.84 bits per heavy atom. The normalized spacial score (nSPS) is 17.1. The summed E-state index contributed by atoms with van der Waals surface area (Å²) in [6.07, 6.45) is 3.06. The molecule has 1 aliphatic heterocycles. The first kappa shape index (κ1) is 17.4. The number of rotatable bonds is 5. The van der Waals surface area contributed by atoms with Gasteiger partial charge in [-0.05, 0) is 40.0 Å². The van der Waals surface area contributed by atoms with Crippen molar-refractivity contribution >= 4 is 11.7 Å². The van der Waals surface area contributed by atoms with Crippen LogP contribution in [0.3, 0.4) is 0 Å². The second-order valence-corrected chi connectivity index (χ2v) is 6.52. The van der Waals surface area contributed by atoms with Crippen LogP contribution < -0.4 is 5.32 Å². The van der Waals surface area contributed by atoms with Gasteiger partial charge in [-0.25, -0.2) is 9.97 Å². The Hall–Kier alpha value is -2.44. The number of amides is 1. The summed E-state index contributed by atoms with van der Waals surface area (Å²) in [7, 11) is 1.84. The smallest absolute Gasteiger partial charge is 0.223 e. The number of carbonyl (C=O) groups is 1. The van der Waals surface area contributed by atoms with Crippen molar-refractivity contribution in [1.82, 2.24) is 20.0 Å². The topological polar surface area (TPSA) is 84.2 Å². The van der Waals surface area contributed by atoms with Gasteiger partial charge in [-0.2, -0.15) is 0 Å². The quantitative estimate of drug-likeness (QED) is 0.898. The Kier molecular flexibility index (Phi) is 5.01. The van der Waals surface area contributed by atoms with Gasteiger partial charge in [-0.3, -0.25) is 4.79 Å². The van der Waals surface area contributed by atoms with E-state index in [0.717, 1.165) is 53.7 Å². The van der Waals surface area contributed by atoms with Gasteiger partial charge in [0.1, 0.15) is 17.4 Å². The van der Waals surface area contributed by atoms with Gasteiger partial charge in [0, 0.05) is 31.6 Å². The molecular formula is C18H25N5O2. The van der Waals surface area contributed by atoms with E-state index in [-0.39, 0.29) is 11.9 Å². The van der Waals surface area contributed by atoms with E-state index in [9.17, 15) is 4.79 Å². The Labute approximate surface area is 147 Å². The van der Waals surface area contributed by atoms with Crippen LogP contribution >= 0.6 is 0 Å². The summed E-state index contributed by atoms with van der Waals surface area (Å²) in [4.78, 5) is 23.7. The summed E-state index contributed by atoms with van der Waals surface area (Å²) in [5.74, 6) is 2.47. The fourth-order valence-corrected chi connectivity index (χ4v) is 3.50. The molecule has 2 aromatic heterocycles. The fraction of sp³-hybridized carbons (Fsp3) is 0.556. The molecule has 0 saturated carbocycles. The van der Waals surface area contributed by atoms with E-state index < -0.39 is 0 Å². The first-order valence-corrected chi connectivity index (χ1v) is 8.74. The zero-order valence-corrected chi connectivity index (χ0v) is 15.3. The van der Waals surface area contributed by atoms with Crippen LogP contribution in [-0.4, -0.2) is 39.5 Å². The first-order chi connectivity index (χ1) is 12.0. The molecule has 1 atom stereocenters. The molecule has 0 aromatic carbocycles. The Morgan fingerprint density at radius 2 is 2.16 bits per heavy atom. The summed E-state index contributed by atoms with van der Waals surface area (Å²) >= 11 is 0. The highest BCUT2D eigenvalue weighted by atomic mass is 16.5. The number of nitrogens with one attached hydrogen (secondary N) is 1. The summed E-state index contributed by atoms with van der Waals surface area (Å²) in [6, 6.07) is 1.98. The van der Waals surface area contributed by atoms with Crippen LogP contribution in [0.2, 0.25) is 0 Å². The third-order valence-electron chi connectivity index (χ3n) is 4.80. The third-order valence-corrected chi connectivity index (χ3v) is 4.80. The van der Waals surface area contributed by atoms with E-state index in [2.05, 4.69) is 20.4 Å². The molecule has 1 saturated heterocycles. The van der Waals surface area contributed by atoms with Crippen molar-refractivity contribution in [2.75, 3.05) is 18.9 Å². The molecular weight excluding hydrogens is 318 g/mol. The van der Waals surface area contributed by atoms with Gasteiger partial charge in [0.15, 0.2) is 0 Å². The van der Waals surface area contributed by atoms with E-state index in [1.54, 1.807) is 0 Å². The van der Waals surface area contributed by atoms with Crippen LogP contribution in [0.4, 0.5) is 5.82 Å². The average molecular weight is 343 g/mol. The van der Waals surface area contributed by atoms with Crippen LogP contribution in [0.5, 0.6) is 0 Å². The number of carbonyl (C=O) groups excluding carboxylic acids is 1. The predicted molar refractivity (Wildman–Crippen MR) is 94.3 cm³/mol.